The number of carbonyl (C=O) groups excluding carboxylic acids is 1. The molecule has 2 heterocycles. The molecule has 2 aromatic carbocycles. The molecule has 4 rings (SSSR count). The van der Waals surface area contributed by atoms with Crippen LogP contribution in [0.4, 0.5) is 10.1 Å². The van der Waals surface area contributed by atoms with E-state index in [4.69, 9.17) is 14.9 Å². The maximum atomic E-state index is 13.9. The van der Waals surface area contributed by atoms with Crippen LogP contribution < -0.4 is 9.64 Å². The first kappa shape index (κ1) is 14.8. The van der Waals surface area contributed by atoms with Crippen LogP contribution in [0.1, 0.15) is 22.3 Å². The summed E-state index contributed by atoms with van der Waals surface area (Å²) in [6.07, 6.45) is 0. The smallest absolute Gasteiger partial charge is 0.277 e. The summed E-state index contributed by atoms with van der Waals surface area (Å²) >= 11 is 0. The van der Waals surface area contributed by atoms with E-state index < -0.39 is 5.82 Å². The summed E-state index contributed by atoms with van der Waals surface area (Å²) in [6, 6.07) is 8.26. The summed E-state index contributed by atoms with van der Waals surface area (Å²) in [5.41, 5.74) is 3.42. The fraction of sp³-hybridized carbons (Fsp3) is 0.222. The predicted molar refractivity (Wildman–Crippen MR) is 85.9 cm³/mol. The number of carbonyl (C=O) groups is 1. The average Bonchev–Trinajstić information content (AvgIpc) is 2.79. The van der Waals surface area contributed by atoms with E-state index in [1.807, 2.05) is 19.1 Å². The van der Waals surface area contributed by atoms with E-state index in [0.717, 1.165) is 5.56 Å². The fourth-order valence-electron chi connectivity index (χ4n) is 3.14. The van der Waals surface area contributed by atoms with Gasteiger partial charge in [0, 0.05) is 16.7 Å². The van der Waals surface area contributed by atoms with E-state index in [-0.39, 0.29) is 31.6 Å². The highest BCUT2D eigenvalue weighted by molar-refractivity contribution is 6.53. The Morgan fingerprint density at radius 2 is 2.12 bits per heavy atom. The van der Waals surface area contributed by atoms with Gasteiger partial charge < -0.3 is 14.4 Å². The summed E-state index contributed by atoms with van der Waals surface area (Å²) in [5, 5.41) is 8.02. The SMILES string of the molecule is Cc1ccc2c(c1)N(Cc1cc(F)cc3c1OCOC3)C(=O)C2=N. The van der Waals surface area contributed by atoms with Crippen LogP contribution in [0.5, 0.6) is 5.75 Å². The number of benzene rings is 2. The molecular weight excluding hydrogens is 311 g/mol. The molecule has 5 nitrogen and oxygen atoms in total. The highest BCUT2D eigenvalue weighted by Crippen LogP contribution is 2.35. The van der Waals surface area contributed by atoms with E-state index in [2.05, 4.69) is 0 Å². The Morgan fingerprint density at radius 1 is 1.29 bits per heavy atom. The van der Waals surface area contributed by atoms with E-state index in [0.29, 0.717) is 28.1 Å². The Balaban J connectivity index is 1.77. The Bertz CT molecular complexity index is 879. The Hall–Kier alpha value is -2.73. The summed E-state index contributed by atoms with van der Waals surface area (Å²) in [4.78, 5) is 14.0. The van der Waals surface area contributed by atoms with E-state index in [1.54, 1.807) is 6.07 Å². The third-order valence-corrected chi connectivity index (χ3v) is 4.25. The molecule has 6 heteroatoms. The van der Waals surface area contributed by atoms with Crippen LogP contribution in [-0.4, -0.2) is 18.4 Å². The van der Waals surface area contributed by atoms with Crippen LogP contribution in [-0.2, 0) is 22.7 Å². The second-order valence-corrected chi connectivity index (χ2v) is 5.95. The van der Waals surface area contributed by atoms with Crippen molar-refractivity contribution < 1.29 is 18.7 Å². The van der Waals surface area contributed by atoms with Gasteiger partial charge in [-0.3, -0.25) is 10.2 Å². The quantitative estimate of drug-likeness (QED) is 0.923. The monoisotopic (exact) mass is 326 g/mol. The molecule has 1 amide bonds. The van der Waals surface area contributed by atoms with Crippen molar-refractivity contribution in [2.75, 3.05) is 11.7 Å². The van der Waals surface area contributed by atoms with Crippen molar-refractivity contribution in [2.24, 2.45) is 0 Å². The third kappa shape index (κ3) is 2.27. The first-order chi connectivity index (χ1) is 11.5. The van der Waals surface area contributed by atoms with Gasteiger partial charge in [-0.2, -0.15) is 0 Å². The molecule has 0 aromatic heterocycles. The normalized spacial score (nSPS) is 16.0. The van der Waals surface area contributed by atoms with Crippen LogP contribution in [0.3, 0.4) is 0 Å². The molecule has 0 atom stereocenters. The predicted octanol–water partition coefficient (Wildman–Crippen LogP) is 2.92. The van der Waals surface area contributed by atoms with Crippen LogP contribution in [0.25, 0.3) is 0 Å². The zero-order valence-corrected chi connectivity index (χ0v) is 13.1. The molecule has 122 valence electrons. The fourth-order valence-corrected chi connectivity index (χ4v) is 3.14. The second kappa shape index (κ2) is 5.42. The zero-order valence-electron chi connectivity index (χ0n) is 13.1. The van der Waals surface area contributed by atoms with Crippen molar-refractivity contribution in [3.05, 3.63) is 58.4 Å². The molecule has 2 aliphatic rings. The molecule has 0 bridgehead atoms. The van der Waals surface area contributed by atoms with Gasteiger partial charge in [0.15, 0.2) is 6.79 Å². The van der Waals surface area contributed by atoms with Gasteiger partial charge in [0.1, 0.15) is 17.3 Å². The molecule has 24 heavy (non-hydrogen) atoms. The number of ether oxygens (including phenoxy) is 2. The Morgan fingerprint density at radius 3 is 2.96 bits per heavy atom. The summed E-state index contributed by atoms with van der Waals surface area (Å²) in [5.74, 6) is -0.229. The van der Waals surface area contributed by atoms with Crippen molar-refractivity contribution in [3.8, 4) is 5.75 Å². The van der Waals surface area contributed by atoms with Crippen LogP contribution in [0.15, 0.2) is 30.3 Å². The molecule has 2 aromatic rings. The molecule has 0 saturated carbocycles. The lowest BCUT2D eigenvalue weighted by Crippen LogP contribution is -2.30. The molecule has 0 radical (unpaired) electrons. The van der Waals surface area contributed by atoms with E-state index in [9.17, 15) is 9.18 Å². The number of anilines is 1. The van der Waals surface area contributed by atoms with E-state index in [1.165, 1.54) is 17.0 Å². The Kier molecular flexibility index (Phi) is 3.35. The number of halogens is 1. The zero-order chi connectivity index (χ0) is 16.8. The van der Waals surface area contributed by atoms with Gasteiger partial charge in [-0.25, -0.2) is 4.39 Å². The maximum absolute atomic E-state index is 13.9. The highest BCUT2D eigenvalue weighted by Gasteiger charge is 2.33. The molecule has 0 unspecified atom stereocenters. The second-order valence-electron chi connectivity index (χ2n) is 5.95. The lowest BCUT2D eigenvalue weighted by molar-refractivity contribution is -0.112. The van der Waals surface area contributed by atoms with Gasteiger partial charge >= 0.3 is 0 Å². The maximum Gasteiger partial charge on any atom is 0.277 e. The largest absolute Gasteiger partial charge is 0.467 e. The Labute approximate surface area is 138 Å². The van der Waals surface area contributed by atoms with Gasteiger partial charge in [0.2, 0.25) is 0 Å². The number of hydrogen-bond donors (Lipinski definition) is 1. The number of hydrogen-bond acceptors (Lipinski definition) is 4. The van der Waals surface area contributed by atoms with Crippen molar-refractivity contribution in [3.63, 3.8) is 0 Å². The number of nitrogens with zero attached hydrogens (tertiary/aromatic N) is 1. The molecular formula is C18H15FN2O3. The number of rotatable bonds is 2. The average molecular weight is 326 g/mol. The topological polar surface area (TPSA) is 62.6 Å². The van der Waals surface area contributed by atoms with Crippen molar-refractivity contribution in [1.82, 2.24) is 0 Å². The van der Waals surface area contributed by atoms with Gasteiger partial charge in [0.25, 0.3) is 5.91 Å². The standard InChI is InChI=1S/C18H15FN2O3/c1-10-2-3-14-15(4-10)21(18(22)16(14)20)7-11-5-13(19)6-12-8-23-9-24-17(11)12/h2-6,20H,7-9H2,1H3. The van der Waals surface area contributed by atoms with Gasteiger partial charge in [0.05, 0.1) is 18.8 Å². The molecule has 0 spiro atoms. The van der Waals surface area contributed by atoms with Crippen molar-refractivity contribution >= 4 is 17.3 Å². The minimum atomic E-state index is -0.399. The van der Waals surface area contributed by atoms with Crippen LogP contribution >= 0.6 is 0 Å². The highest BCUT2D eigenvalue weighted by atomic mass is 19.1. The third-order valence-electron chi connectivity index (χ3n) is 4.25. The van der Waals surface area contributed by atoms with Gasteiger partial charge in [-0.15, -0.1) is 0 Å². The van der Waals surface area contributed by atoms with Crippen molar-refractivity contribution in [1.29, 1.82) is 5.41 Å². The molecule has 0 saturated heterocycles. The summed E-state index contributed by atoms with van der Waals surface area (Å²) < 4.78 is 24.6. The lowest BCUT2D eigenvalue weighted by Gasteiger charge is -2.24. The van der Waals surface area contributed by atoms with E-state index >= 15 is 0 Å². The minimum absolute atomic E-state index is 0.0421. The lowest BCUT2D eigenvalue weighted by atomic mass is 10.1. The van der Waals surface area contributed by atoms with Crippen molar-refractivity contribution in [2.45, 2.75) is 20.1 Å². The minimum Gasteiger partial charge on any atom is -0.467 e. The van der Waals surface area contributed by atoms with Gasteiger partial charge in [-0.05, 0) is 30.7 Å². The number of aryl methyl sites for hydroxylation is 1. The van der Waals surface area contributed by atoms with Gasteiger partial charge in [-0.1, -0.05) is 12.1 Å². The first-order valence-electron chi connectivity index (χ1n) is 7.58. The molecule has 2 aliphatic heterocycles. The molecule has 1 N–H and O–H groups in total. The number of fused-ring (bicyclic) bond motifs is 2. The number of nitrogens with one attached hydrogen (secondary N) is 1. The summed E-state index contributed by atoms with van der Waals surface area (Å²) in [6.45, 7) is 2.46. The molecule has 0 fully saturated rings. The van der Waals surface area contributed by atoms with Crippen LogP contribution in [0.2, 0.25) is 0 Å². The summed E-state index contributed by atoms with van der Waals surface area (Å²) in [7, 11) is 0. The first-order valence-corrected chi connectivity index (χ1v) is 7.58. The number of amides is 1. The van der Waals surface area contributed by atoms with Crippen LogP contribution in [0, 0.1) is 18.2 Å². The molecule has 0 aliphatic carbocycles.